The van der Waals surface area contributed by atoms with Crippen LogP contribution in [0.4, 0.5) is 5.69 Å². The van der Waals surface area contributed by atoms with E-state index in [9.17, 15) is 4.79 Å². The molecule has 2 aliphatic rings. The molecule has 0 bridgehead atoms. The largest absolute Gasteiger partial charge is 0.382 e. The molecule has 2 heterocycles. The summed E-state index contributed by atoms with van der Waals surface area (Å²) in [6, 6.07) is 9.23. The average molecular weight is 302 g/mol. The molecule has 1 aromatic carbocycles. The Labute approximate surface area is 132 Å². The van der Waals surface area contributed by atoms with E-state index in [1.807, 2.05) is 23.1 Å². The second-order valence-corrected chi connectivity index (χ2v) is 6.12. The number of benzene rings is 1. The summed E-state index contributed by atoms with van der Waals surface area (Å²) in [6.45, 7) is 5.10. The van der Waals surface area contributed by atoms with Crippen molar-refractivity contribution in [3.63, 3.8) is 0 Å². The number of hydrogen-bond donors (Lipinski definition) is 1. The third kappa shape index (κ3) is 3.78. The Morgan fingerprint density at radius 3 is 2.73 bits per heavy atom. The van der Waals surface area contributed by atoms with Crippen LogP contribution >= 0.6 is 0 Å². The average Bonchev–Trinajstić information content (AvgIpc) is 2.56. The summed E-state index contributed by atoms with van der Waals surface area (Å²) >= 11 is 0. The van der Waals surface area contributed by atoms with Crippen LogP contribution in [0.25, 0.3) is 0 Å². The summed E-state index contributed by atoms with van der Waals surface area (Å²) in [7, 11) is 2.09. The van der Waals surface area contributed by atoms with E-state index in [-0.39, 0.29) is 5.91 Å². The molecule has 0 aromatic heterocycles. The van der Waals surface area contributed by atoms with Crippen molar-refractivity contribution in [1.29, 1.82) is 0 Å². The fourth-order valence-electron chi connectivity index (χ4n) is 2.94. The van der Waals surface area contributed by atoms with E-state index >= 15 is 0 Å². The summed E-state index contributed by atoms with van der Waals surface area (Å²) in [5.74, 6) is 0.122. The van der Waals surface area contributed by atoms with Gasteiger partial charge in [0.05, 0.1) is 0 Å². The van der Waals surface area contributed by atoms with E-state index in [1.54, 1.807) is 0 Å². The number of likely N-dealkylation sites (N-methyl/N-ethyl adjacent to an activating group) is 1. The molecule has 2 fully saturated rings. The number of nitrogens with one attached hydrogen (secondary N) is 1. The number of hydrogen-bond acceptors (Lipinski definition) is 4. The van der Waals surface area contributed by atoms with Gasteiger partial charge < -0.3 is 19.9 Å². The highest BCUT2D eigenvalue weighted by Crippen LogP contribution is 2.17. The lowest BCUT2D eigenvalue weighted by atomic mass is 10.1. The molecule has 22 heavy (non-hydrogen) atoms. The summed E-state index contributed by atoms with van der Waals surface area (Å²) in [5.41, 5.74) is 1.66. The SMILES string of the molecule is CN1CCN(C(=O)c2cc[c]c(NC3CCOCC3)c2)CC1. The van der Waals surface area contributed by atoms with E-state index in [0.717, 1.165) is 63.5 Å². The van der Waals surface area contributed by atoms with Gasteiger partial charge in [0.25, 0.3) is 5.91 Å². The highest BCUT2D eigenvalue weighted by molar-refractivity contribution is 5.95. The first-order chi connectivity index (χ1) is 10.7. The van der Waals surface area contributed by atoms with Crippen molar-refractivity contribution in [2.75, 3.05) is 51.8 Å². The molecular weight excluding hydrogens is 278 g/mol. The predicted molar refractivity (Wildman–Crippen MR) is 86.1 cm³/mol. The molecule has 2 aliphatic heterocycles. The van der Waals surface area contributed by atoms with Gasteiger partial charge in [0, 0.05) is 62.8 Å². The van der Waals surface area contributed by atoms with Crippen molar-refractivity contribution in [1.82, 2.24) is 9.80 Å². The molecule has 2 saturated heterocycles. The van der Waals surface area contributed by atoms with Crippen molar-refractivity contribution in [2.24, 2.45) is 0 Å². The monoisotopic (exact) mass is 302 g/mol. The van der Waals surface area contributed by atoms with Crippen LogP contribution in [0, 0.1) is 6.07 Å². The van der Waals surface area contributed by atoms with Gasteiger partial charge in [-0.25, -0.2) is 0 Å². The van der Waals surface area contributed by atoms with Gasteiger partial charge in [-0.2, -0.15) is 0 Å². The lowest BCUT2D eigenvalue weighted by molar-refractivity contribution is 0.0664. The minimum absolute atomic E-state index is 0.122. The molecule has 0 atom stereocenters. The normalized spacial score (nSPS) is 20.9. The molecule has 1 aromatic rings. The van der Waals surface area contributed by atoms with Crippen molar-refractivity contribution < 1.29 is 9.53 Å². The first-order valence-electron chi connectivity index (χ1n) is 8.06. The van der Waals surface area contributed by atoms with Crippen molar-refractivity contribution in [2.45, 2.75) is 18.9 Å². The smallest absolute Gasteiger partial charge is 0.254 e. The second-order valence-electron chi connectivity index (χ2n) is 6.12. The Kier molecular flexibility index (Phi) is 4.95. The molecule has 1 amide bonds. The van der Waals surface area contributed by atoms with Gasteiger partial charge in [0.1, 0.15) is 0 Å². The number of ether oxygens (including phenoxy) is 1. The van der Waals surface area contributed by atoms with Crippen LogP contribution in [0.3, 0.4) is 0 Å². The maximum Gasteiger partial charge on any atom is 0.254 e. The topological polar surface area (TPSA) is 44.8 Å². The number of nitrogens with zero attached hydrogens (tertiary/aromatic N) is 2. The summed E-state index contributed by atoms with van der Waals surface area (Å²) in [6.07, 6.45) is 2.01. The zero-order valence-corrected chi connectivity index (χ0v) is 13.2. The lowest BCUT2D eigenvalue weighted by Gasteiger charge is -2.32. The molecule has 3 rings (SSSR count). The Bertz CT molecular complexity index is 506. The Hall–Kier alpha value is -1.59. The maximum absolute atomic E-state index is 12.6. The summed E-state index contributed by atoms with van der Waals surface area (Å²) in [4.78, 5) is 16.8. The van der Waals surface area contributed by atoms with Gasteiger partial charge in [-0.05, 0) is 32.0 Å². The third-order valence-electron chi connectivity index (χ3n) is 4.42. The molecule has 5 nitrogen and oxygen atoms in total. The lowest BCUT2D eigenvalue weighted by Crippen LogP contribution is -2.47. The van der Waals surface area contributed by atoms with Crippen LogP contribution in [0.2, 0.25) is 0 Å². The van der Waals surface area contributed by atoms with Crippen molar-refractivity contribution in [3.8, 4) is 0 Å². The predicted octanol–water partition coefficient (Wildman–Crippen LogP) is 1.47. The fourth-order valence-corrected chi connectivity index (χ4v) is 2.94. The molecule has 5 heteroatoms. The quantitative estimate of drug-likeness (QED) is 0.918. The number of anilines is 1. The Morgan fingerprint density at radius 2 is 2.00 bits per heavy atom. The third-order valence-corrected chi connectivity index (χ3v) is 4.42. The van der Waals surface area contributed by atoms with E-state index in [2.05, 4.69) is 23.3 Å². The second kappa shape index (κ2) is 7.11. The minimum Gasteiger partial charge on any atom is -0.382 e. The molecule has 119 valence electrons. The first-order valence-corrected chi connectivity index (χ1v) is 8.06. The van der Waals surface area contributed by atoms with Gasteiger partial charge in [-0.3, -0.25) is 4.79 Å². The minimum atomic E-state index is 0.122. The molecule has 0 spiro atoms. The standard InChI is InChI=1S/C17H24N3O2/c1-19-7-9-20(10-8-19)17(21)14-3-2-4-16(13-14)18-15-5-11-22-12-6-15/h2-3,13,15,18H,5-12H2,1H3. The Balaban J connectivity index is 1.63. The van der Waals surface area contributed by atoms with E-state index < -0.39 is 0 Å². The summed E-state index contributed by atoms with van der Waals surface area (Å²) < 4.78 is 5.37. The van der Waals surface area contributed by atoms with Gasteiger partial charge in [-0.15, -0.1) is 0 Å². The van der Waals surface area contributed by atoms with Crippen LogP contribution in [0.1, 0.15) is 23.2 Å². The van der Waals surface area contributed by atoms with Crippen molar-refractivity contribution in [3.05, 3.63) is 29.8 Å². The fraction of sp³-hybridized carbons (Fsp3) is 0.588. The van der Waals surface area contributed by atoms with Crippen LogP contribution in [0.15, 0.2) is 18.2 Å². The van der Waals surface area contributed by atoms with Crippen LogP contribution in [-0.4, -0.2) is 68.2 Å². The maximum atomic E-state index is 12.6. The van der Waals surface area contributed by atoms with Gasteiger partial charge in [0.2, 0.25) is 0 Å². The van der Waals surface area contributed by atoms with Gasteiger partial charge in [-0.1, -0.05) is 6.07 Å². The van der Waals surface area contributed by atoms with Gasteiger partial charge in [0.15, 0.2) is 0 Å². The zero-order valence-electron chi connectivity index (χ0n) is 13.2. The molecule has 1 radical (unpaired) electrons. The number of amides is 1. The van der Waals surface area contributed by atoms with Crippen LogP contribution in [0.5, 0.6) is 0 Å². The highest BCUT2D eigenvalue weighted by Gasteiger charge is 2.21. The molecular formula is C17H24N3O2. The number of rotatable bonds is 3. The van der Waals surface area contributed by atoms with E-state index in [1.165, 1.54) is 0 Å². The zero-order chi connectivity index (χ0) is 15.4. The molecule has 0 unspecified atom stereocenters. The molecule has 0 aliphatic carbocycles. The number of piperazine rings is 1. The summed E-state index contributed by atoms with van der Waals surface area (Å²) in [5, 5.41) is 3.47. The molecule has 0 saturated carbocycles. The highest BCUT2D eigenvalue weighted by atomic mass is 16.5. The molecule has 1 N–H and O–H groups in total. The van der Waals surface area contributed by atoms with E-state index in [4.69, 9.17) is 4.74 Å². The van der Waals surface area contributed by atoms with Crippen LogP contribution in [-0.2, 0) is 4.74 Å². The Morgan fingerprint density at radius 1 is 1.27 bits per heavy atom. The number of carbonyl (C=O) groups is 1. The first kappa shape index (κ1) is 15.3. The number of carbonyl (C=O) groups excluding carboxylic acids is 1. The van der Waals surface area contributed by atoms with Crippen LogP contribution < -0.4 is 5.32 Å². The van der Waals surface area contributed by atoms with E-state index in [0.29, 0.717) is 6.04 Å². The van der Waals surface area contributed by atoms with Gasteiger partial charge >= 0.3 is 0 Å². The van der Waals surface area contributed by atoms with Crippen molar-refractivity contribution >= 4 is 11.6 Å².